The van der Waals surface area contributed by atoms with Crippen LogP contribution in [-0.2, 0) is 16.1 Å². The van der Waals surface area contributed by atoms with E-state index in [0.717, 1.165) is 54.4 Å². The Bertz CT molecular complexity index is 857. The van der Waals surface area contributed by atoms with E-state index in [1.54, 1.807) is 12.4 Å². The van der Waals surface area contributed by atoms with E-state index in [0.29, 0.717) is 24.9 Å². The van der Waals surface area contributed by atoms with Crippen molar-refractivity contribution in [2.24, 2.45) is 5.92 Å². The van der Waals surface area contributed by atoms with Crippen LogP contribution in [0.15, 0.2) is 42.7 Å². The van der Waals surface area contributed by atoms with Crippen molar-refractivity contribution in [3.8, 4) is 11.1 Å². The molecule has 28 heavy (non-hydrogen) atoms. The summed E-state index contributed by atoms with van der Waals surface area (Å²) in [5, 5.41) is 0. The van der Waals surface area contributed by atoms with E-state index in [4.69, 9.17) is 4.74 Å². The monoisotopic (exact) mass is 378 g/mol. The molecule has 0 spiro atoms. The molecule has 0 atom stereocenters. The molecule has 0 saturated heterocycles. The number of carbonyl (C=O) groups is 2. The van der Waals surface area contributed by atoms with Crippen molar-refractivity contribution in [3.63, 3.8) is 0 Å². The average molecular weight is 378 g/mol. The number of esters is 1. The van der Waals surface area contributed by atoms with Crippen LogP contribution in [0, 0.1) is 5.92 Å². The zero-order valence-electron chi connectivity index (χ0n) is 16.3. The van der Waals surface area contributed by atoms with Gasteiger partial charge in [-0.05, 0) is 72.9 Å². The molecule has 1 aromatic heterocycles. The van der Waals surface area contributed by atoms with Gasteiger partial charge in [0.2, 0.25) is 0 Å². The summed E-state index contributed by atoms with van der Waals surface area (Å²) in [5.41, 5.74) is 4.09. The number of fused-ring (bicyclic) bond motifs is 1. The second kappa shape index (κ2) is 8.13. The molecule has 1 aliphatic heterocycles. The van der Waals surface area contributed by atoms with Crippen molar-refractivity contribution in [2.75, 3.05) is 7.11 Å². The lowest BCUT2D eigenvalue weighted by Crippen LogP contribution is -2.38. The van der Waals surface area contributed by atoms with E-state index in [9.17, 15) is 9.59 Å². The predicted molar refractivity (Wildman–Crippen MR) is 107 cm³/mol. The number of hydrogen-bond donors (Lipinski definition) is 0. The summed E-state index contributed by atoms with van der Waals surface area (Å²) in [7, 11) is 1.44. The Morgan fingerprint density at radius 2 is 1.86 bits per heavy atom. The molecule has 5 nitrogen and oxygen atoms in total. The number of pyridine rings is 1. The number of rotatable bonds is 5. The third-order valence-corrected chi connectivity index (χ3v) is 6.20. The molecule has 1 aliphatic carbocycles. The Morgan fingerprint density at radius 3 is 2.57 bits per heavy atom. The summed E-state index contributed by atoms with van der Waals surface area (Å²) in [6, 6.07) is 10.4. The van der Waals surface area contributed by atoms with Gasteiger partial charge in [-0.25, -0.2) is 0 Å². The average Bonchev–Trinajstić information content (AvgIpc) is 3.09. The minimum Gasteiger partial charge on any atom is -0.469 e. The summed E-state index contributed by atoms with van der Waals surface area (Å²) in [6.07, 6.45) is 9.12. The normalized spacial score (nSPS) is 21.5. The van der Waals surface area contributed by atoms with Gasteiger partial charge in [-0.3, -0.25) is 14.6 Å². The third kappa shape index (κ3) is 3.79. The van der Waals surface area contributed by atoms with Crippen molar-refractivity contribution >= 4 is 11.9 Å². The molecule has 4 rings (SSSR count). The SMILES string of the molecule is COC(=O)CC[C@H]1CC[C@H](N2Cc3ccc(-c4ccncc4)cc3C2=O)CC1. The Kier molecular flexibility index (Phi) is 5.42. The lowest BCUT2D eigenvalue weighted by atomic mass is 9.83. The van der Waals surface area contributed by atoms with Gasteiger partial charge in [-0.1, -0.05) is 12.1 Å². The number of hydrogen-bond acceptors (Lipinski definition) is 4. The fourth-order valence-corrected chi connectivity index (χ4v) is 4.51. The maximum absolute atomic E-state index is 13.1. The molecule has 2 heterocycles. The Hall–Kier alpha value is -2.69. The van der Waals surface area contributed by atoms with Crippen LogP contribution in [0.25, 0.3) is 11.1 Å². The molecule has 1 saturated carbocycles. The highest BCUT2D eigenvalue weighted by atomic mass is 16.5. The van der Waals surface area contributed by atoms with Crippen molar-refractivity contribution in [1.29, 1.82) is 0 Å². The van der Waals surface area contributed by atoms with Crippen molar-refractivity contribution in [1.82, 2.24) is 9.88 Å². The van der Waals surface area contributed by atoms with Crippen LogP contribution in [0.5, 0.6) is 0 Å². The molecule has 1 amide bonds. The standard InChI is InChI=1S/C23H26N2O3/c1-28-22(26)9-4-16-2-7-20(8-3-16)25-15-19-6-5-18(14-21(19)23(25)27)17-10-12-24-13-11-17/h5-6,10-14,16,20H,2-4,7-9,15H2,1H3/t16-,20-. The smallest absolute Gasteiger partial charge is 0.305 e. The molecule has 146 valence electrons. The minimum absolute atomic E-state index is 0.128. The van der Waals surface area contributed by atoms with Crippen LogP contribution in [-0.4, -0.2) is 34.9 Å². The summed E-state index contributed by atoms with van der Waals surface area (Å²) in [6.45, 7) is 0.711. The second-order valence-corrected chi connectivity index (χ2v) is 7.83. The molecule has 0 radical (unpaired) electrons. The third-order valence-electron chi connectivity index (χ3n) is 6.20. The van der Waals surface area contributed by atoms with Crippen molar-refractivity contribution < 1.29 is 14.3 Å². The summed E-state index contributed by atoms with van der Waals surface area (Å²) < 4.78 is 4.74. The van der Waals surface area contributed by atoms with Crippen LogP contribution in [0.4, 0.5) is 0 Å². The Morgan fingerprint density at radius 1 is 1.11 bits per heavy atom. The first kappa shape index (κ1) is 18.7. The molecule has 0 N–H and O–H groups in total. The number of methoxy groups -OCH3 is 1. The lowest BCUT2D eigenvalue weighted by molar-refractivity contribution is -0.141. The summed E-state index contributed by atoms with van der Waals surface area (Å²) in [4.78, 5) is 30.5. The van der Waals surface area contributed by atoms with E-state index in [1.807, 2.05) is 18.2 Å². The molecular weight excluding hydrogens is 352 g/mol. The van der Waals surface area contributed by atoms with Gasteiger partial charge in [0, 0.05) is 37.0 Å². The number of benzene rings is 1. The zero-order chi connectivity index (χ0) is 19.5. The van der Waals surface area contributed by atoms with E-state index < -0.39 is 0 Å². The first-order valence-electron chi connectivity index (χ1n) is 10.1. The molecule has 2 aliphatic rings. The van der Waals surface area contributed by atoms with Crippen molar-refractivity contribution in [3.05, 3.63) is 53.9 Å². The number of carbonyl (C=O) groups excluding carboxylic acids is 2. The van der Waals surface area contributed by atoms with Gasteiger partial charge in [0.15, 0.2) is 0 Å². The van der Waals surface area contributed by atoms with Crippen LogP contribution >= 0.6 is 0 Å². The summed E-state index contributed by atoms with van der Waals surface area (Å²) >= 11 is 0. The van der Waals surface area contributed by atoms with Gasteiger partial charge in [0.05, 0.1) is 7.11 Å². The lowest BCUT2D eigenvalue weighted by Gasteiger charge is -2.34. The Labute approximate surface area is 165 Å². The minimum atomic E-state index is -0.128. The fourth-order valence-electron chi connectivity index (χ4n) is 4.51. The van der Waals surface area contributed by atoms with E-state index in [2.05, 4.69) is 22.0 Å². The van der Waals surface area contributed by atoms with Gasteiger partial charge in [-0.2, -0.15) is 0 Å². The van der Waals surface area contributed by atoms with E-state index in [1.165, 1.54) is 7.11 Å². The predicted octanol–water partition coefficient (Wildman–Crippen LogP) is 4.22. The van der Waals surface area contributed by atoms with E-state index >= 15 is 0 Å². The fraction of sp³-hybridized carbons (Fsp3) is 0.435. The first-order valence-corrected chi connectivity index (χ1v) is 10.1. The van der Waals surface area contributed by atoms with Gasteiger partial charge < -0.3 is 9.64 Å². The number of aromatic nitrogens is 1. The number of ether oxygens (including phenoxy) is 1. The zero-order valence-corrected chi connectivity index (χ0v) is 16.3. The molecule has 1 aromatic carbocycles. The maximum atomic E-state index is 13.1. The molecule has 1 fully saturated rings. The van der Waals surface area contributed by atoms with Gasteiger partial charge >= 0.3 is 5.97 Å². The number of nitrogens with zero attached hydrogens (tertiary/aromatic N) is 2. The highest BCUT2D eigenvalue weighted by Crippen LogP contribution is 2.36. The van der Waals surface area contributed by atoms with Gasteiger partial charge in [0.1, 0.15) is 0 Å². The molecule has 5 heteroatoms. The molecular formula is C23H26N2O3. The Balaban J connectivity index is 1.39. The van der Waals surface area contributed by atoms with Gasteiger partial charge in [0.25, 0.3) is 5.91 Å². The van der Waals surface area contributed by atoms with Crippen LogP contribution in [0.3, 0.4) is 0 Å². The molecule has 2 aromatic rings. The quantitative estimate of drug-likeness (QED) is 0.731. The second-order valence-electron chi connectivity index (χ2n) is 7.83. The molecule has 0 bridgehead atoms. The van der Waals surface area contributed by atoms with Crippen LogP contribution in [0.2, 0.25) is 0 Å². The topological polar surface area (TPSA) is 59.5 Å². The largest absolute Gasteiger partial charge is 0.469 e. The number of amides is 1. The summed E-state index contributed by atoms with van der Waals surface area (Å²) in [5.74, 6) is 0.593. The van der Waals surface area contributed by atoms with Gasteiger partial charge in [-0.15, -0.1) is 0 Å². The van der Waals surface area contributed by atoms with Crippen molar-refractivity contribution in [2.45, 2.75) is 51.1 Å². The van der Waals surface area contributed by atoms with Crippen LogP contribution in [0.1, 0.15) is 54.4 Å². The highest BCUT2D eigenvalue weighted by Gasteiger charge is 2.35. The van der Waals surface area contributed by atoms with E-state index in [-0.39, 0.29) is 11.9 Å². The molecule has 0 unspecified atom stereocenters. The first-order chi connectivity index (χ1) is 13.7. The van der Waals surface area contributed by atoms with Crippen LogP contribution < -0.4 is 0 Å². The highest BCUT2D eigenvalue weighted by molar-refractivity contribution is 5.99. The maximum Gasteiger partial charge on any atom is 0.305 e.